The van der Waals surface area contributed by atoms with Gasteiger partial charge < -0.3 is 10.3 Å². The number of benzene rings is 2. The molecular formula is C21H23N3O4S. The predicted octanol–water partition coefficient (Wildman–Crippen LogP) is 2.80. The number of fused-ring (bicyclic) bond motifs is 1. The lowest BCUT2D eigenvalue weighted by Gasteiger charge is -2.21. The normalized spacial score (nSPS) is 11.4. The lowest BCUT2D eigenvalue weighted by Crippen LogP contribution is -2.30. The molecule has 0 fully saturated rings. The summed E-state index contributed by atoms with van der Waals surface area (Å²) in [4.78, 5) is 27.9. The quantitative estimate of drug-likeness (QED) is 0.649. The number of hydrogen-bond donors (Lipinski definition) is 2. The van der Waals surface area contributed by atoms with Gasteiger partial charge in [0.1, 0.15) is 5.56 Å². The van der Waals surface area contributed by atoms with Crippen molar-refractivity contribution in [2.75, 3.05) is 17.9 Å². The highest BCUT2D eigenvalue weighted by Gasteiger charge is 2.23. The first-order valence-electron chi connectivity index (χ1n) is 9.25. The fourth-order valence-corrected chi connectivity index (χ4v) is 4.35. The number of anilines is 1. The highest BCUT2D eigenvalue weighted by molar-refractivity contribution is 7.92. The zero-order valence-electron chi connectivity index (χ0n) is 16.5. The van der Waals surface area contributed by atoms with Crippen LogP contribution in [0, 0.1) is 6.92 Å². The molecule has 152 valence electrons. The first-order valence-corrected chi connectivity index (χ1v) is 10.7. The van der Waals surface area contributed by atoms with Crippen molar-refractivity contribution in [3.8, 4) is 0 Å². The van der Waals surface area contributed by atoms with E-state index in [-0.39, 0.29) is 15.8 Å². The second-order valence-electron chi connectivity index (χ2n) is 6.75. The zero-order chi connectivity index (χ0) is 21.2. The monoisotopic (exact) mass is 413 g/mol. The summed E-state index contributed by atoms with van der Waals surface area (Å²) in [5.41, 5.74) is 1.26. The number of para-hydroxylation sites is 1. The molecule has 1 heterocycles. The maximum atomic E-state index is 13.1. The molecule has 0 saturated heterocycles. The van der Waals surface area contributed by atoms with E-state index < -0.39 is 21.4 Å². The molecule has 2 aromatic carbocycles. The number of H-pyrrole nitrogens is 1. The van der Waals surface area contributed by atoms with E-state index in [1.807, 2.05) is 26.0 Å². The molecule has 0 unspecified atom stereocenters. The van der Waals surface area contributed by atoms with Crippen LogP contribution >= 0.6 is 0 Å². The summed E-state index contributed by atoms with van der Waals surface area (Å²) >= 11 is 0. The first-order chi connectivity index (χ1) is 13.8. The molecule has 7 nitrogen and oxygen atoms in total. The Labute approximate surface area is 169 Å². The van der Waals surface area contributed by atoms with Crippen molar-refractivity contribution in [2.45, 2.75) is 25.2 Å². The largest absolute Gasteiger partial charge is 0.360 e. The molecule has 29 heavy (non-hydrogen) atoms. The fourth-order valence-electron chi connectivity index (χ4n) is 3.06. The Kier molecular flexibility index (Phi) is 5.74. The smallest absolute Gasteiger partial charge is 0.264 e. The lowest BCUT2D eigenvalue weighted by atomic mass is 10.1. The maximum absolute atomic E-state index is 13.1. The average Bonchev–Trinajstić information content (AvgIpc) is 2.72. The Morgan fingerprint density at radius 3 is 2.59 bits per heavy atom. The van der Waals surface area contributed by atoms with Gasteiger partial charge >= 0.3 is 0 Å². The summed E-state index contributed by atoms with van der Waals surface area (Å²) in [5, 5.41) is 2.81. The highest BCUT2D eigenvalue weighted by Crippen LogP contribution is 2.26. The van der Waals surface area contributed by atoms with Crippen molar-refractivity contribution in [3.63, 3.8) is 0 Å². The lowest BCUT2D eigenvalue weighted by molar-refractivity contribution is 0.0952. The summed E-state index contributed by atoms with van der Waals surface area (Å²) in [7, 11) is -2.42. The number of amides is 1. The third-order valence-corrected chi connectivity index (χ3v) is 6.51. The summed E-state index contributed by atoms with van der Waals surface area (Å²) in [5.74, 6) is -0.486. The number of aryl methyl sites for hydroxylation is 1. The molecule has 8 heteroatoms. The average molecular weight is 413 g/mol. The Morgan fingerprint density at radius 2 is 1.90 bits per heavy atom. The second-order valence-corrected chi connectivity index (χ2v) is 8.72. The Hall–Kier alpha value is -3.13. The van der Waals surface area contributed by atoms with Crippen LogP contribution in [0.25, 0.3) is 10.9 Å². The van der Waals surface area contributed by atoms with Crippen LogP contribution in [-0.4, -0.2) is 32.9 Å². The molecule has 3 rings (SSSR count). The minimum atomic E-state index is -3.89. The molecular weight excluding hydrogens is 390 g/mol. The van der Waals surface area contributed by atoms with Gasteiger partial charge in [-0.05, 0) is 43.2 Å². The van der Waals surface area contributed by atoms with Crippen LogP contribution in [-0.2, 0) is 10.0 Å². The topological polar surface area (TPSA) is 99.3 Å². The molecule has 0 aliphatic rings. The molecule has 0 bridgehead atoms. The Balaban J connectivity index is 2.08. The molecule has 0 spiro atoms. The van der Waals surface area contributed by atoms with Crippen LogP contribution in [0.3, 0.4) is 0 Å². The zero-order valence-corrected chi connectivity index (χ0v) is 17.3. The van der Waals surface area contributed by atoms with Gasteiger partial charge in [-0.15, -0.1) is 0 Å². The van der Waals surface area contributed by atoms with Crippen LogP contribution in [0.4, 0.5) is 5.69 Å². The number of nitrogens with one attached hydrogen (secondary N) is 2. The van der Waals surface area contributed by atoms with Crippen molar-refractivity contribution < 1.29 is 13.2 Å². The van der Waals surface area contributed by atoms with E-state index in [2.05, 4.69) is 10.3 Å². The number of carbonyl (C=O) groups excluding carboxylic acids is 1. The van der Waals surface area contributed by atoms with Gasteiger partial charge in [0.2, 0.25) is 5.43 Å². The van der Waals surface area contributed by atoms with Gasteiger partial charge in [-0.2, -0.15) is 0 Å². The third-order valence-electron chi connectivity index (χ3n) is 4.75. The number of pyridine rings is 1. The van der Waals surface area contributed by atoms with Crippen molar-refractivity contribution >= 4 is 32.5 Å². The second kappa shape index (κ2) is 8.08. The van der Waals surface area contributed by atoms with Gasteiger partial charge in [0.25, 0.3) is 15.9 Å². The predicted molar refractivity (Wildman–Crippen MR) is 114 cm³/mol. The highest BCUT2D eigenvalue weighted by atomic mass is 32.2. The van der Waals surface area contributed by atoms with Gasteiger partial charge in [0.05, 0.1) is 10.6 Å². The van der Waals surface area contributed by atoms with E-state index in [1.54, 1.807) is 12.1 Å². The molecule has 0 saturated carbocycles. The SMILES string of the molecule is CCCNC(=O)c1c[nH]c2ccc(S(=O)(=O)N(C)c3ccccc3C)cc2c1=O. The first kappa shape index (κ1) is 20.6. The summed E-state index contributed by atoms with van der Waals surface area (Å²) in [6.45, 7) is 4.19. The van der Waals surface area contributed by atoms with Gasteiger partial charge in [-0.3, -0.25) is 13.9 Å². The summed E-state index contributed by atoms with van der Waals surface area (Å²) in [6, 6.07) is 11.4. The van der Waals surface area contributed by atoms with E-state index in [9.17, 15) is 18.0 Å². The molecule has 0 aliphatic heterocycles. The maximum Gasteiger partial charge on any atom is 0.264 e. The van der Waals surface area contributed by atoms with E-state index in [1.165, 1.54) is 35.7 Å². The van der Waals surface area contributed by atoms with Crippen molar-refractivity contribution in [1.29, 1.82) is 0 Å². The summed E-state index contributed by atoms with van der Waals surface area (Å²) < 4.78 is 27.5. The van der Waals surface area contributed by atoms with E-state index in [4.69, 9.17) is 0 Å². The van der Waals surface area contributed by atoms with Crippen molar-refractivity contribution in [1.82, 2.24) is 10.3 Å². The van der Waals surface area contributed by atoms with Crippen molar-refractivity contribution in [3.05, 3.63) is 70.0 Å². The molecule has 2 N–H and O–H groups in total. The minimum Gasteiger partial charge on any atom is -0.360 e. The number of aromatic amines is 1. The van der Waals surface area contributed by atoms with E-state index in [0.717, 1.165) is 12.0 Å². The van der Waals surface area contributed by atoms with E-state index >= 15 is 0 Å². The van der Waals surface area contributed by atoms with E-state index in [0.29, 0.717) is 17.7 Å². The number of sulfonamides is 1. The molecule has 3 aromatic rings. The minimum absolute atomic E-state index is 0.0210. The third kappa shape index (κ3) is 3.88. The summed E-state index contributed by atoms with van der Waals surface area (Å²) in [6.07, 6.45) is 2.09. The van der Waals surface area contributed by atoms with Gasteiger partial charge in [-0.1, -0.05) is 25.1 Å². The number of hydrogen-bond acceptors (Lipinski definition) is 4. The molecule has 1 amide bonds. The van der Waals surface area contributed by atoms with Crippen molar-refractivity contribution in [2.24, 2.45) is 0 Å². The molecule has 0 atom stereocenters. The number of rotatable bonds is 6. The number of nitrogens with zero attached hydrogens (tertiary/aromatic N) is 1. The number of carbonyl (C=O) groups is 1. The Morgan fingerprint density at radius 1 is 1.17 bits per heavy atom. The molecule has 1 aromatic heterocycles. The number of aromatic nitrogens is 1. The Bertz CT molecular complexity index is 1230. The van der Waals surface area contributed by atoms with Gasteiger partial charge in [-0.25, -0.2) is 8.42 Å². The molecule has 0 radical (unpaired) electrons. The van der Waals surface area contributed by atoms with Crippen LogP contribution in [0.5, 0.6) is 0 Å². The van der Waals surface area contributed by atoms with Gasteiger partial charge in [0, 0.05) is 30.7 Å². The standard InChI is InChI=1S/C21H23N3O4S/c1-4-11-22-21(26)17-13-23-18-10-9-15(12-16(18)20(17)25)29(27,28)24(3)19-8-6-5-7-14(19)2/h5-10,12-13H,4,11H2,1-3H3,(H,22,26)(H,23,25). The fraction of sp³-hybridized carbons (Fsp3) is 0.238. The van der Waals surface area contributed by atoms with Crippen LogP contribution < -0.4 is 15.1 Å². The van der Waals surface area contributed by atoms with Gasteiger partial charge in [0.15, 0.2) is 0 Å². The van der Waals surface area contributed by atoms with Crippen LogP contribution in [0.1, 0.15) is 29.3 Å². The molecule has 0 aliphatic carbocycles. The van der Waals surface area contributed by atoms with Crippen LogP contribution in [0.15, 0.2) is 58.4 Å². The van der Waals surface area contributed by atoms with Crippen LogP contribution in [0.2, 0.25) is 0 Å².